The normalized spacial score (nSPS) is 12.3. The minimum Gasteiger partial charge on any atom is -0.493 e. The Morgan fingerprint density at radius 2 is 2.16 bits per heavy atom. The van der Waals surface area contributed by atoms with Gasteiger partial charge in [-0.25, -0.2) is 0 Å². The van der Waals surface area contributed by atoms with E-state index in [9.17, 15) is 4.79 Å². The van der Waals surface area contributed by atoms with Gasteiger partial charge in [0.05, 0.1) is 6.61 Å². The molecular formula is C14H23N3O2. The van der Waals surface area contributed by atoms with Crippen molar-refractivity contribution < 1.29 is 9.53 Å². The van der Waals surface area contributed by atoms with E-state index in [4.69, 9.17) is 10.5 Å². The van der Waals surface area contributed by atoms with Gasteiger partial charge >= 0.3 is 0 Å². The Morgan fingerprint density at radius 1 is 1.47 bits per heavy atom. The summed E-state index contributed by atoms with van der Waals surface area (Å²) >= 11 is 0. The lowest BCUT2D eigenvalue weighted by Gasteiger charge is -2.19. The van der Waals surface area contributed by atoms with E-state index in [0.29, 0.717) is 23.6 Å². The van der Waals surface area contributed by atoms with Crippen molar-refractivity contribution in [3.8, 4) is 5.75 Å². The number of nitrogen functional groups attached to an aromatic ring is 1. The number of carbonyl (C=O) groups excluding carboxylic acids is 1. The molecule has 0 heterocycles. The van der Waals surface area contributed by atoms with Crippen molar-refractivity contribution in [1.29, 1.82) is 0 Å². The molecule has 3 N–H and O–H groups in total. The lowest BCUT2D eigenvalue weighted by atomic mass is 10.1. The van der Waals surface area contributed by atoms with E-state index in [1.54, 1.807) is 18.2 Å². The van der Waals surface area contributed by atoms with Crippen LogP contribution >= 0.6 is 0 Å². The number of nitrogens with two attached hydrogens (primary N) is 1. The molecule has 0 bridgehead atoms. The van der Waals surface area contributed by atoms with Gasteiger partial charge in [-0.15, -0.1) is 0 Å². The van der Waals surface area contributed by atoms with Crippen molar-refractivity contribution >= 4 is 11.6 Å². The summed E-state index contributed by atoms with van der Waals surface area (Å²) in [6, 6.07) is 5.27. The van der Waals surface area contributed by atoms with Gasteiger partial charge in [0.2, 0.25) is 0 Å². The zero-order valence-electron chi connectivity index (χ0n) is 12.1. The molecule has 0 spiro atoms. The number of ether oxygens (including phenoxy) is 1. The summed E-state index contributed by atoms with van der Waals surface area (Å²) in [6.45, 7) is 5.09. The first kappa shape index (κ1) is 15.3. The van der Waals surface area contributed by atoms with E-state index >= 15 is 0 Å². The van der Waals surface area contributed by atoms with Gasteiger partial charge in [-0.05, 0) is 40.1 Å². The minimum absolute atomic E-state index is 0.0385. The van der Waals surface area contributed by atoms with Crippen molar-refractivity contribution in [3.63, 3.8) is 0 Å². The van der Waals surface area contributed by atoms with Crippen LogP contribution in [-0.2, 0) is 0 Å². The predicted molar refractivity (Wildman–Crippen MR) is 77.5 cm³/mol. The number of carbonyl (C=O) groups is 1. The van der Waals surface area contributed by atoms with Crippen LogP contribution in [0.25, 0.3) is 0 Å². The van der Waals surface area contributed by atoms with Crippen LogP contribution in [0.4, 0.5) is 5.69 Å². The summed E-state index contributed by atoms with van der Waals surface area (Å²) in [5.41, 5.74) is 6.72. The fourth-order valence-electron chi connectivity index (χ4n) is 1.96. The molecule has 0 aromatic heterocycles. The van der Waals surface area contributed by atoms with Crippen LogP contribution in [-0.4, -0.2) is 44.1 Å². The van der Waals surface area contributed by atoms with Gasteiger partial charge in [0.1, 0.15) is 11.3 Å². The maximum atomic E-state index is 12.3. The third-order valence-corrected chi connectivity index (χ3v) is 2.60. The van der Waals surface area contributed by atoms with Crippen molar-refractivity contribution in [2.24, 2.45) is 0 Å². The molecule has 1 aromatic rings. The van der Waals surface area contributed by atoms with Crippen LogP contribution < -0.4 is 15.8 Å². The first-order valence-corrected chi connectivity index (χ1v) is 6.42. The van der Waals surface area contributed by atoms with E-state index < -0.39 is 0 Å². The van der Waals surface area contributed by atoms with Crippen molar-refractivity contribution in [1.82, 2.24) is 10.2 Å². The summed E-state index contributed by atoms with van der Waals surface area (Å²) < 4.78 is 5.45. The van der Waals surface area contributed by atoms with E-state index in [0.717, 1.165) is 6.54 Å². The molecule has 0 aliphatic carbocycles. The molecular weight excluding hydrogens is 242 g/mol. The number of amides is 1. The number of benzene rings is 1. The second-order valence-corrected chi connectivity index (χ2v) is 4.79. The number of hydrogen-bond acceptors (Lipinski definition) is 4. The van der Waals surface area contributed by atoms with E-state index in [2.05, 4.69) is 5.32 Å². The Morgan fingerprint density at radius 3 is 2.74 bits per heavy atom. The molecule has 1 unspecified atom stereocenters. The molecule has 0 aliphatic rings. The Balaban J connectivity index is 2.86. The lowest BCUT2D eigenvalue weighted by molar-refractivity contribution is 0.0931. The number of nitrogens with one attached hydrogen (secondary N) is 1. The SMILES string of the molecule is CCOc1cccc(N)c1C(=O)NC(C)CN(C)C. The van der Waals surface area contributed by atoms with Crippen LogP contribution in [0.2, 0.25) is 0 Å². The molecule has 1 rings (SSSR count). The lowest BCUT2D eigenvalue weighted by Crippen LogP contribution is -2.39. The Kier molecular flexibility index (Phi) is 5.63. The van der Waals surface area contributed by atoms with Gasteiger partial charge in [-0.2, -0.15) is 0 Å². The first-order valence-electron chi connectivity index (χ1n) is 6.42. The molecule has 0 radical (unpaired) electrons. The molecule has 106 valence electrons. The zero-order chi connectivity index (χ0) is 14.4. The third kappa shape index (κ3) is 4.44. The quantitative estimate of drug-likeness (QED) is 0.762. The summed E-state index contributed by atoms with van der Waals surface area (Å²) in [7, 11) is 3.93. The fraction of sp³-hybridized carbons (Fsp3) is 0.500. The molecule has 1 amide bonds. The Bertz CT molecular complexity index is 433. The van der Waals surface area contributed by atoms with Crippen molar-refractivity contribution in [2.45, 2.75) is 19.9 Å². The number of anilines is 1. The number of nitrogens with zero attached hydrogens (tertiary/aromatic N) is 1. The van der Waals surface area contributed by atoms with Crippen molar-refractivity contribution in [3.05, 3.63) is 23.8 Å². The Hall–Kier alpha value is -1.75. The molecule has 1 atom stereocenters. The van der Waals surface area contributed by atoms with Gasteiger partial charge in [-0.3, -0.25) is 4.79 Å². The predicted octanol–water partition coefficient (Wildman–Crippen LogP) is 1.35. The van der Waals surface area contributed by atoms with Crippen molar-refractivity contribution in [2.75, 3.05) is 33.0 Å². The maximum absolute atomic E-state index is 12.3. The molecule has 5 heteroatoms. The zero-order valence-corrected chi connectivity index (χ0v) is 12.1. The van der Waals surface area contributed by atoms with Crippen LogP contribution in [0, 0.1) is 0 Å². The number of rotatable bonds is 6. The average molecular weight is 265 g/mol. The van der Waals surface area contributed by atoms with Gasteiger partial charge in [0.15, 0.2) is 0 Å². The standard InChI is InChI=1S/C14H23N3O2/c1-5-19-12-8-6-7-11(15)13(12)14(18)16-10(2)9-17(3)4/h6-8,10H,5,9,15H2,1-4H3,(H,16,18). The molecule has 0 fully saturated rings. The van der Waals surface area contributed by atoms with E-state index in [1.165, 1.54) is 0 Å². The van der Waals surface area contributed by atoms with Crippen LogP contribution in [0.5, 0.6) is 5.75 Å². The molecule has 1 aromatic carbocycles. The fourth-order valence-corrected chi connectivity index (χ4v) is 1.96. The van der Waals surface area contributed by atoms with Crippen LogP contribution in [0.1, 0.15) is 24.2 Å². The third-order valence-electron chi connectivity index (χ3n) is 2.60. The molecule has 5 nitrogen and oxygen atoms in total. The highest BCUT2D eigenvalue weighted by atomic mass is 16.5. The van der Waals surface area contributed by atoms with Gasteiger partial charge in [0.25, 0.3) is 5.91 Å². The molecule has 0 saturated heterocycles. The highest BCUT2D eigenvalue weighted by Crippen LogP contribution is 2.24. The average Bonchev–Trinajstić information content (AvgIpc) is 2.27. The largest absolute Gasteiger partial charge is 0.493 e. The van der Waals surface area contributed by atoms with Gasteiger partial charge in [-0.1, -0.05) is 6.07 Å². The smallest absolute Gasteiger partial charge is 0.257 e. The summed E-state index contributed by atoms with van der Waals surface area (Å²) in [5.74, 6) is 0.327. The summed E-state index contributed by atoms with van der Waals surface area (Å²) in [6.07, 6.45) is 0. The highest BCUT2D eigenvalue weighted by Gasteiger charge is 2.18. The molecule has 0 saturated carbocycles. The topological polar surface area (TPSA) is 67.6 Å². The van der Waals surface area contributed by atoms with E-state index in [1.807, 2.05) is 32.8 Å². The van der Waals surface area contributed by atoms with E-state index in [-0.39, 0.29) is 11.9 Å². The number of hydrogen-bond donors (Lipinski definition) is 2. The summed E-state index contributed by atoms with van der Waals surface area (Å²) in [5, 5.41) is 2.93. The first-order chi connectivity index (χ1) is 8.95. The van der Waals surface area contributed by atoms with Crippen LogP contribution in [0.15, 0.2) is 18.2 Å². The van der Waals surface area contributed by atoms with Crippen LogP contribution in [0.3, 0.4) is 0 Å². The second-order valence-electron chi connectivity index (χ2n) is 4.79. The van der Waals surface area contributed by atoms with Gasteiger partial charge < -0.3 is 20.7 Å². The number of likely N-dealkylation sites (N-methyl/N-ethyl adjacent to an activating group) is 1. The maximum Gasteiger partial charge on any atom is 0.257 e. The molecule has 19 heavy (non-hydrogen) atoms. The highest BCUT2D eigenvalue weighted by molar-refractivity contribution is 6.02. The monoisotopic (exact) mass is 265 g/mol. The summed E-state index contributed by atoms with van der Waals surface area (Å²) in [4.78, 5) is 14.3. The molecule has 0 aliphatic heterocycles. The Labute approximate surface area is 114 Å². The van der Waals surface area contributed by atoms with Gasteiger partial charge in [0, 0.05) is 18.3 Å². The second kappa shape index (κ2) is 6.99. The minimum atomic E-state index is -0.198.